The highest BCUT2D eigenvalue weighted by molar-refractivity contribution is 7.99. The molecule has 1 aromatic heterocycles. The number of alkyl halides is 1. The first-order valence-corrected chi connectivity index (χ1v) is 7.94. The minimum Gasteiger partial charge on any atom is -0.325 e. The van der Waals surface area contributed by atoms with Crippen LogP contribution in [0.5, 0.6) is 0 Å². The van der Waals surface area contributed by atoms with Gasteiger partial charge in [-0.15, -0.1) is 11.6 Å². The van der Waals surface area contributed by atoms with Crippen LogP contribution in [0.1, 0.15) is 45.2 Å². The third kappa shape index (κ3) is 4.55. The Morgan fingerprint density at radius 2 is 2.24 bits per heavy atom. The molecule has 0 amide bonds. The van der Waals surface area contributed by atoms with E-state index in [4.69, 9.17) is 11.6 Å². The second kappa shape index (κ2) is 8.04. The molecule has 1 unspecified atom stereocenters. The van der Waals surface area contributed by atoms with Crippen LogP contribution in [0.25, 0.3) is 0 Å². The van der Waals surface area contributed by atoms with Gasteiger partial charge < -0.3 is 4.57 Å². The number of rotatable bonds is 8. The molecule has 17 heavy (non-hydrogen) atoms. The van der Waals surface area contributed by atoms with E-state index in [-0.39, 0.29) is 0 Å². The molecule has 0 N–H and O–H groups in total. The Hall–Kier alpha value is -0.150. The number of imidazole rings is 1. The highest BCUT2D eigenvalue weighted by atomic mass is 35.5. The Morgan fingerprint density at radius 1 is 1.47 bits per heavy atom. The Bertz CT molecular complexity index is 325. The van der Waals surface area contributed by atoms with Gasteiger partial charge in [0, 0.05) is 12.8 Å². The average Bonchev–Trinajstić information content (AvgIpc) is 2.70. The fourth-order valence-corrected chi connectivity index (χ4v) is 3.25. The Balaban J connectivity index is 2.45. The maximum atomic E-state index is 5.83. The first kappa shape index (κ1) is 14.9. The molecule has 0 fully saturated rings. The fraction of sp³-hybridized carbons (Fsp3) is 0.769. The SMILES string of the molecule is CCCCC(CC)CSc1ncc(CCl)n1C. The lowest BCUT2D eigenvalue weighted by molar-refractivity contribution is 0.499. The predicted octanol–water partition coefficient (Wildman–Crippen LogP) is 4.47. The maximum Gasteiger partial charge on any atom is 0.167 e. The van der Waals surface area contributed by atoms with Gasteiger partial charge in [0.15, 0.2) is 5.16 Å². The third-order valence-corrected chi connectivity index (χ3v) is 4.72. The number of aromatic nitrogens is 2. The molecule has 1 atom stereocenters. The number of nitrogens with zero attached hydrogens (tertiary/aromatic N) is 2. The summed E-state index contributed by atoms with van der Waals surface area (Å²) in [6.07, 6.45) is 7.11. The standard InChI is InChI=1S/C13H23ClN2S/c1-4-6-7-11(5-2)10-17-13-15-9-12(8-14)16(13)3/h9,11H,4-8,10H2,1-3H3. The summed E-state index contributed by atoms with van der Waals surface area (Å²) < 4.78 is 2.10. The zero-order valence-corrected chi connectivity index (χ0v) is 12.7. The van der Waals surface area contributed by atoms with Crippen LogP contribution < -0.4 is 0 Å². The molecule has 1 aromatic rings. The van der Waals surface area contributed by atoms with Crippen LogP contribution >= 0.6 is 23.4 Å². The normalized spacial score (nSPS) is 12.9. The summed E-state index contributed by atoms with van der Waals surface area (Å²) >= 11 is 7.69. The molecule has 0 aliphatic heterocycles. The van der Waals surface area contributed by atoms with Gasteiger partial charge in [-0.1, -0.05) is 44.9 Å². The van der Waals surface area contributed by atoms with E-state index in [0.29, 0.717) is 5.88 Å². The van der Waals surface area contributed by atoms with E-state index >= 15 is 0 Å². The van der Waals surface area contributed by atoms with Crippen LogP contribution in [0.4, 0.5) is 0 Å². The van der Waals surface area contributed by atoms with Crippen molar-refractivity contribution in [1.82, 2.24) is 9.55 Å². The van der Waals surface area contributed by atoms with Crippen molar-refractivity contribution in [3.05, 3.63) is 11.9 Å². The molecule has 0 saturated carbocycles. The molecular formula is C13H23ClN2S. The van der Waals surface area contributed by atoms with Crippen molar-refractivity contribution in [3.8, 4) is 0 Å². The number of thioether (sulfide) groups is 1. The largest absolute Gasteiger partial charge is 0.325 e. The van der Waals surface area contributed by atoms with Crippen LogP contribution in [0.15, 0.2) is 11.4 Å². The smallest absolute Gasteiger partial charge is 0.167 e. The lowest BCUT2D eigenvalue weighted by atomic mass is 10.0. The highest BCUT2D eigenvalue weighted by Crippen LogP contribution is 2.24. The number of hydrogen-bond acceptors (Lipinski definition) is 2. The molecule has 0 radical (unpaired) electrons. The molecule has 0 aromatic carbocycles. The zero-order chi connectivity index (χ0) is 12.7. The van der Waals surface area contributed by atoms with Gasteiger partial charge in [0.2, 0.25) is 0 Å². The van der Waals surface area contributed by atoms with E-state index in [2.05, 4.69) is 23.4 Å². The van der Waals surface area contributed by atoms with E-state index in [1.54, 1.807) is 0 Å². The van der Waals surface area contributed by atoms with E-state index in [9.17, 15) is 0 Å². The van der Waals surface area contributed by atoms with Gasteiger partial charge in [0.1, 0.15) is 0 Å². The summed E-state index contributed by atoms with van der Waals surface area (Å²) in [4.78, 5) is 4.41. The van der Waals surface area contributed by atoms with Crippen LogP contribution in [0.2, 0.25) is 0 Å². The quantitative estimate of drug-likeness (QED) is 0.514. The van der Waals surface area contributed by atoms with Crippen LogP contribution in [-0.4, -0.2) is 15.3 Å². The monoisotopic (exact) mass is 274 g/mol. The van der Waals surface area contributed by atoms with Gasteiger partial charge in [-0.3, -0.25) is 0 Å². The van der Waals surface area contributed by atoms with E-state index in [1.807, 2.05) is 25.0 Å². The van der Waals surface area contributed by atoms with Gasteiger partial charge in [-0.2, -0.15) is 0 Å². The molecule has 2 nitrogen and oxygen atoms in total. The Labute approximate surface area is 114 Å². The topological polar surface area (TPSA) is 17.8 Å². The number of hydrogen-bond donors (Lipinski definition) is 0. The molecule has 0 aliphatic carbocycles. The van der Waals surface area contributed by atoms with Crippen molar-refractivity contribution < 1.29 is 0 Å². The molecule has 0 saturated heterocycles. The Morgan fingerprint density at radius 3 is 2.76 bits per heavy atom. The number of unbranched alkanes of at least 4 members (excludes halogenated alkanes) is 1. The second-order valence-corrected chi connectivity index (χ2v) is 5.71. The lowest BCUT2D eigenvalue weighted by Gasteiger charge is -2.13. The van der Waals surface area contributed by atoms with Crippen molar-refractivity contribution in [1.29, 1.82) is 0 Å². The van der Waals surface area contributed by atoms with Crippen molar-refractivity contribution in [2.24, 2.45) is 13.0 Å². The van der Waals surface area contributed by atoms with Crippen LogP contribution in [0, 0.1) is 5.92 Å². The maximum absolute atomic E-state index is 5.83. The fourth-order valence-electron chi connectivity index (χ4n) is 1.77. The summed E-state index contributed by atoms with van der Waals surface area (Å²) in [6, 6.07) is 0. The van der Waals surface area contributed by atoms with Crippen molar-refractivity contribution in [2.75, 3.05) is 5.75 Å². The summed E-state index contributed by atoms with van der Waals surface area (Å²) in [5.41, 5.74) is 1.09. The Kier molecular flexibility index (Phi) is 7.05. The summed E-state index contributed by atoms with van der Waals surface area (Å²) in [5, 5.41) is 1.09. The van der Waals surface area contributed by atoms with E-state index in [1.165, 1.54) is 31.4 Å². The van der Waals surface area contributed by atoms with Gasteiger partial charge in [-0.05, 0) is 12.3 Å². The predicted molar refractivity (Wildman–Crippen MR) is 76.8 cm³/mol. The molecule has 0 bridgehead atoms. The average molecular weight is 275 g/mol. The summed E-state index contributed by atoms with van der Waals surface area (Å²) in [6.45, 7) is 4.54. The second-order valence-electron chi connectivity index (χ2n) is 4.45. The van der Waals surface area contributed by atoms with Crippen molar-refractivity contribution in [3.63, 3.8) is 0 Å². The minimum atomic E-state index is 0.539. The van der Waals surface area contributed by atoms with E-state index in [0.717, 1.165) is 16.8 Å². The lowest BCUT2D eigenvalue weighted by Crippen LogP contribution is -2.04. The molecule has 1 heterocycles. The molecule has 4 heteroatoms. The number of halogens is 1. The first-order chi connectivity index (χ1) is 8.22. The van der Waals surface area contributed by atoms with Crippen molar-refractivity contribution in [2.45, 2.75) is 50.6 Å². The van der Waals surface area contributed by atoms with Crippen LogP contribution in [0.3, 0.4) is 0 Å². The first-order valence-electron chi connectivity index (χ1n) is 6.42. The summed E-state index contributed by atoms with van der Waals surface area (Å²) in [5.74, 6) is 2.52. The minimum absolute atomic E-state index is 0.539. The summed E-state index contributed by atoms with van der Waals surface area (Å²) in [7, 11) is 2.04. The zero-order valence-electron chi connectivity index (χ0n) is 11.1. The molecule has 1 rings (SSSR count). The third-order valence-electron chi connectivity index (χ3n) is 3.17. The van der Waals surface area contributed by atoms with E-state index < -0.39 is 0 Å². The molecule has 98 valence electrons. The van der Waals surface area contributed by atoms with Crippen molar-refractivity contribution >= 4 is 23.4 Å². The van der Waals surface area contributed by atoms with Gasteiger partial charge in [-0.25, -0.2) is 4.98 Å². The van der Waals surface area contributed by atoms with Gasteiger partial charge >= 0.3 is 0 Å². The molecular weight excluding hydrogens is 252 g/mol. The molecule has 0 spiro atoms. The van der Waals surface area contributed by atoms with Crippen LogP contribution in [-0.2, 0) is 12.9 Å². The van der Waals surface area contributed by atoms with Gasteiger partial charge in [0.25, 0.3) is 0 Å². The van der Waals surface area contributed by atoms with Gasteiger partial charge in [0.05, 0.1) is 17.8 Å². The highest BCUT2D eigenvalue weighted by Gasteiger charge is 2.10. The molecule has 0 aliphatic rings.